The minimum absolute atomic E-state index is 0.0678. The molecule has 1 aromatic heterocycles. The second-order valence-corrected chi connectivity index (χ2v) is 6.09. The number of fused-ring (bicyclic) bond motifs is 1. The first kappa shape index (κ1) is 16.5. The van der Waals surface area contributed by atoms with Crippen molar-refractivity contribution in [2.45, 2.75) is 39.0 Å². The highest BCUT2D eigenvalue weighted by molar-refractivity contribution is 5.77. The topological polar surface area (TPSA) is 65.4 Å². The lowest BCUT2D eigenvalue weighted by molar-refractivity contribution is -0.127. The van der Waals surface area contributed by atoms with E-state index in [1.54, 1.807) is 7.11 Å². The van der Waals surface area contributed by atoms with Gasteiger partial charge in [-0.15, -0.1) is 0 Å². The number of nitrogens with one attached hydrogen (secondary N) is 1. The number of carbonyl (C=O) groups is 1. The monoisotopic (exact) mass is 329 g/mol. The number of hydrogen-bond acceptors (Lipinski definition) is 4. The van der Waals surface area contributed by atoms with E-state index in [-0.39, 0.29) is 18.6 Å². The molecule has 1 aromatic carbocycles. The van der Waals surface area contributed by atoms with Gasteiger partial charge in [-0.25, -0.2) is 4.98 Å². The van der Waals surface area contributed by atoms with E-state index in [9.17, 15) is 4.79 Å². The first-order valence-electron chi connectivity index (χ1n) is 8.16. The second kappa shape index (κ2) is 7.49. The molecule has 6 heteroatoms. The summed E-state index contributed by atoms with van der Waals surface area (Å²) in [7, 11) is 1.63. The maximum absolute atomic E-state index is 12.0. The lowest BCUT2D eigenvalue weighted by Crippen LogP contribution is -2.42. The van der Waals surface area contributed by atoms with Gasteiger partial charge in [0, 0.05) is 25.2 Å². The third-order valence-corrected chi connectivity index (χ3v) is 4.14. The predicted molar refractivity (Wildman–Crippen MR) is 89.9 cm³/mol. The summed E-state index contributed by atoms with van der Waals surface area (Å²) in [6.07, 6.45) is 3.85. The minimum atomic E-state index is -0.0752. The normalized spacial score (nSPS) is 16.5. The number of imidazole rings is 1. The Morgan fingerprint density at radius 2 is 2.17 bits per heavy atom. The predicted octanol–water partition coefficient (Wildman–Crippen LogP) is 1.85. The van der Waals surface area contributed by atoms with Crippen molar-refractivity contribution in [2.24, 2.45) is 0 Å². The summed E-state index contributed by atoms with van der Waals surface area (Å²) in [5, 5.41) is 3.04. The summed E-state index contributed by atoms with van der Waals surface area (Å²) >= 11 is 0. The van der Waals surface area contributed by atoms with Crippen LogP contribution < -0.4 is 10.1 Å². The van der Waals surface area contributed by atoms with Gasteiger partial charge in [-0.2, -0.15) is 0 Å². The van der Waals surface area contributed by atoms with Crippen molar-refractivity contribution in [3.8, 4) is 5.75 Å². The van der Waals surface area contributed by atoms with Gasteiger partial charge in [0.1, 0.15) is 18.2 Å². The molecule has 1 aliphatic rings. The number of nitrogens with zero attached hydrogens (tertiary/aromatic N) is 2. The fourth-order valence-electron chi connectivity index (χ4n) is 2.96. The average molecular weight is 329 g/mol. The largest absolute Gasteiger partial charge is 0.497 e. The summed E-state index contributed by atoms with van der Waals surface area (Å²) in [4.78, 5) is 16.5. The van der Waals surface area contributed by atoms with E-state index < -0.39 is 0 Å². The molecule has 0 saturated carbocycles. The Morgan fingerprint density at radius 3 is 2.92 bits per heavy atom. The van der Waals surface area contributed by atoms with Gasteiger partial charge in [0.15, 0.2) is 0 Å². The first-order valence-corrected chi connectivity index (χ1v) is 8.16. The second-order valence-electron chi connectivity index (χ2n) is 6.09. The van der Waals surface area contributed by atoms with Gasteiger partial charge >= 0.3 is 0 Å². The highest BCUT2D eigenvalue weighted by Gasteiger charge is 2.21. The molecule has 0 bridgehead atoms. The van der Waals surface area contributed by atoms with Gasteiger partial charge in [0.2, 0.25) is 5.91 Å². The van der Waals surface area contributed by atoms with E-state index >= 15 is 0 Å². The molecule has 1 N–H and O–H groups in total. The lowest BCUT2D eigenvalue weighted by atomic mass is 10.1. The fraction of sp³-hybridized carbons (Fsp3) is 0.444. The third-order valence-electron chi connectivity index (χ3n) is 4.14. The smallest absolute Gasteiger partial charge is 0.246 e. The molecular formula is C18H23N3O3. The number of hydrogen-bond donors (Lipinski definition) is 1. The van der Waals surface area contributed by atoms with Gasteiger partial charge in [-0.1, -0.05) is 12.1 Å². The first-order chi connectivity index (χ1) is 11.6. The Labute approximate surface area is 141 Å². The molecule has 6 nitrogen and oxygen atoms in total. The van der Waals surface area contributed by atoms with Crippen molar-refractivity contribution in [1.82, 2.24) is 14.9 Å². The van der Waals surface area contributed by atoms with E-state index in [1.165, 1.54) is 0 Å². The van der Waals surface area contributed by atoms with Crippen LogP contribution in [0, 0.1) is 6.92 Å². The Balaban J connectivity index is 1.41. The van der Waals surface area contributed by atoms with E-state index in [4.69, 9.17) is 9.47 Å². The van der Waals surface area contributed by atoms with Crippen LogP contribution in [0.5, 0.6) is 5.75 Å². The number of methoxy groups -OCH3 is 1. The number of aryl methyl sites for hydroxylation is 2. The molecule has 2 heterocycles. The SMILES string of the molecule is COc1ccc(COCC(=O)N[C@H]2CCc3nc(C)cn3C2)cc1. The van der Waals surface area contributed by atoms with Crippen molar-refractivity contribution < 1.29 is 14.3 Å². The van der Waals surface area contributed by atoms with Gasteiger partial charge in [-0.3, -0.25) is 4.79 Å². The highest BCUT2D eigenvalue weighted by atomic mass is 16.5. The zero-order valence-electron chi connectivity index (χ0n) is 14.1. The molecule has 1 aliphatic heterocycles. The standard InChI is InChI=1S/C18H23N3O3/c1-13-9-21-10-15(5-8-17(21)19-13)20-18(22)12-24-11-14-3-6-16(23-2)7-4-14/h3-4,6-7,9,15H,5,8,10-12H2,1-2H3,(H,20,22)/t15-/m0/s1. The fourth-order valence-corrected chi connectivity index (χ4v) is 2.96. The molecular weight excluding hydrogens is 306 g/mol. The van der Waals surface area contributed by atoms with Crippen molar-refractivity contribution in [3.05, 3.63) is 47.5 Å². The summed E-state index contributed by atoms with van der Waals surface area (Å²) in [5.41, 5.74) is 2.04. The van der Waals surface area contributed by atoms with Gasteiger partial charge in [0.25, 0.3) is 0 Å². The van der Waals surface area contributed by atoms with Gasteiger partial charge in [-0.05, 0) is 31.0 Å². The van der Waals surface area contributed by atoms with Crippen LogP contribution in [-0.4, -0.2) is 35.2 Å². The van der Waals surface area contributed by atoms with Gasteiger partial charge < -0.3 is 19.4 Å². The van der Waals surface area contributed by atoms with Crippen LogP contribution in [0.25, 0.3) is 0 Å². The number of rotatable bonds is 6. The van der Waals surface area contributed by atoms with Crippen LogP contribution >= 0.6 is 0 Å². The van der Waals surface area contributed by atoms with Gasteiger partial charge in [0.05, 0.1) is 19.4 Å². The molecule has 2 aromatic rings. The number of ether oxygens (including phenoxy) is 2. The zero-order chi connectivity index (χ0) is 16.9. The van der Waals surface area contributed by atoms with Crippen LogP contribution in [0.15, 0.2) is 30.5 Å². The zero-order valence-corrected chi connectivity index (χ0v) is 14.1. The third kappa shape index (κ3) is 4.14. The molecule has 0 fully saturated rings. The van der Waals surface area contributed by atoms with E-state index in [0.29, 0.717) is 6.61 Å². The molecule has 1 atom stereocenters. The number of aromatic nitrogens is 2. The molecule has 3 rings (SSSR count). The molecule has 128 valence electrons. The summed E-state index contributed by atoms with van der Waals surface area (Å²) < 4.78 is 12.7. The van der Waals surface area contributed by atoms with Crippen molar-refractivity contribution in [1.29, 1.82) is 0 Å². The number of carbonyl (C=O) groups excluding carboxylic acids is 1. The molecule has 1 amide bonds. The molecule has 0 unspecified atom stereocenters. The van der Waals surface area contributed by atoms with E-state index in [1.807, 2.05) is 37.4 Å². The minimum Gasteiger partial charge on any atom is -0.497 e. The quantitative estimate of drug-likeness (QED) is 0.878. The van der Waals surface area contributed by atoms with Crippen molar-refractivity contribution >= 4 is 5.91 Å². The Morgan fingerprint density at radius 1 is 1.38 bits per heavy atom. The summed E-state index contributed by atoms with van der Waals surface area (Å²) in [6.45, 7) is 3.25. The molecule has 0 radical (unpaired) electrons. The number of benzene rings is 1. The maximum atomic E-state index is 12.0. The van der Waals surface area contributed by atoms with Crippen molar-refractivity contribution in [3.63, 3.8) is 0 Å². The lowest BCUT2D eigenvalue weighted by Gasteiger charge is -2.24. The Hall–Kier alpha value is -2.34. The van der Waals surface area contributed by atoms with Crippen LogP contribution in [-0.2, 0) is 29.1 Å². The van der Waals surface area contributed by atoms with Crippen molar-refractivity contribution in [2.75, 3.05) is 13.7 Å². The number of amides is 1. The highest BCUT2D eigenvalue weighted by Crippen LogP contribution is 2.15. The summed E-state index contributed by atoms with van der Waals surface area (Å²) in [6, 6.07) is 7.77. The van der Waals surface area contributed by atoms with E-state index in [2.05, 4.69) is 14.9 Å². The molecule has 0 spiro atoms. The molecule has 24 heavy (non-hydrogen) atoms. The van der Waals surface area contributed by atoms with Crippen LogP contribution in [0.1, 0.15) is 23.5 Å². The van der Waals surface area contributed by atoms with Crippen LogP contribution in [0.4, 0.5) is 0 Å². The molecule has 0 saturated heterocycles. The van der Waals surface area contributed by atoms with Crippen LogP contribution in [0.3, 0.4) is 0 Å². The Bertz CT molecular complexity index is 694. The maximum Gasteiger partial charge on any atom is 0.246 e. The van der Waals surface area contributed by atoms with E-state index in [0.717, 1.165) is 42.2 Å². The Kier molecular flexibility index (Phi) is 5.15. The summed E-state index contributed by atoms with van der Waals surface area (Å²) in [5.74, 6) is 1.84. The van der Waals surface area contributed by atoms with Crippen LogP contribution in [0.2, 0.25) is 0 Å². The average Bonchev–Trinajstić information content (AvgIpc) is 2.95. The molecule has 0 aliphatic carbocycles.